The molecule has 0 bridgehead atoms. The van der Waals surface area contributed by atoms with Crippen LogP contribution in [0.25, 0.3) is 0 Å². The highest BCUT2D eigenvalue weighted by Gasteiger charge is 2.14. The van der Waals surface area contributed by atoms with Crippen molar-refractivity contribution in [3.63, 3.8) is 0 Å². The highest BCUT2D eigenvalue weighted by Crippen LogP contribution is 2.25. The van der Waals surface area contributed by atoms with Crippen LogP contribution in [-0.4, -0.2) is 0 Å². The van der Waals surface area contributed by atoms with E-state index in [1.165, 1.54) is 22.3 Å². The fourth-order valence-electron chi connectivity index (χ4n) is 2.35. The van der Waals surface area contributed by atoms with Crippen LogP contribution in [0.2, 0.25) is 0 Å². The summed E-state index contributed by atoms with van der Waals surface area (Å²) in [5, 5.41) is 0. The molecule has 1 atom stereocenters. The largest absolute Gasteiger partial charge is 0.271 e. The van der Waals surface area contributed by atoms with Crippen LogP contribution < -0.4 is 11.3 Å². The van der Waals surface area contributed by atoms with Crippen molar-refractivity contribution in [2.24, 2.45) is 5.84 Å². The highest BCUT2D eigenvalue weighted by atomic mass is 15.2. The lowest BCUT2D eigenvalue weighted by Crippen LogP contribution is -2.29. The minimum atomic E-state index is 0.0565. The first kappa shape index (κ1) is 12.8. The van der Waals surface area contributed by atoms with Gasteiger partial charge in [0.1, 0.15) is 0 Å². The monoisotopic (exact) mass is 240 g/mol. The fourth-order valence-corrected chi connectivity index (χ4v) is 2.35. The number of nitrogens with one attached hydrogen (secondary N) is 1. The van der Waals surface area contributed by atoms with Gasteiger partial charge in [0.2, 0.25) is 0 Å². The first-order valence-corrected chi connectivity index (χ1v) is 6.36. The molecule has 0 heterocycles. The van der Waals surface area contributed by atoms with Crippen LogP contribution in [0.5, 0.6) is 0 Å². The molecule has 2 aromatic carbocycles. The standard InChI is InChI=1S/C16H20N2/c1-3-13-8-4-5-10-15(13)16(18-17)14-9-6-7-12(2)11-14/h4-11,16,18H,3,17H2,1-2H3. The van der Waals surface area contributed by atoms with E-state index in [1.807, 2.05) is 0 Å². The Bertz CT molecular complexity index is 520. The third-order valence-electron chi connectivity index (χ3n) is 3.29. The molecule has 2 aromatic rings. The van der Waals surface area contributed by atoms with E-state index in [0.717, 1.165) is 6.42 Å². The van der Waals surface area contributed by atoms with E-state index in [1.54, 1.807) is 0 Å². The summed E-state index contributed by atoms with van der Waals surface area (Å²) >= 11 is 0. The van der Waals surface area contributed by atoms with Crippen LogP contribution in [0.3, 0.4) is 0 Å². The zero-order valence-electron chi connectivity index (χ0n) is 11.0. The molecule has 0 saturated heterocycles. The Balaban J connectivity index is 2.45. The fraction of sp³-hybridized carbons (Fsp3) is 0.250. The summed E-state index contributed by atoms with van der Waals surface area (Å²) in [5.41, 5.74) is 7.99. The van der Waals surface area contributed by atoms with E-state index in [9.17, 15) is 0 Å². The summed E-state index contributed by atoms with van der Waals surface area (Å²) in [6.07, 6.45) is 1.01. The molecule has 0 amide bonds. The van der Waals surface area contributed by atoms with Crippen molar-refractivity contribution in [2.45, 2.75) is 26.3 Å². The van der Waals surface area contributed by atoms with Gasteiger partial charge in [0.25, 0.3) is 0 Å². The van der Waals surface area contributed by atoms with Gasteiger partial charge in [0.15, 0.2) is 0 Å². The third-order valence-corrected chi connectivity index (χ3v) is 3.29. The molecule has 0 aromatic heterocycles. The molecule has 0 aliphatic carbocycles. The van der Waals surface area contributed by atoms with Crippen molar-refractivity contribution in [3.8, 4) is 0 Å². The van der Waals surface area contributed by atoms with Gasteiger partial charge in [-0.3, -0.25) is 5.84 Å². The molecule has 18 heavy (non-hydrogen) atoms. The molecule has 94 valence electrons. The van der Waals surface area contributed by atoms with Gasteiger partial charge in [-0.05, 0) is 30.0 Å². The third kappa shape index (κ3) is 2.61. The zero-order chi connectivity index (χ0) is 13.0. The summed E-state index contributed by atoms with van der Waals surface area (Å²) < 4.78 is 0. The molecular weight excluding hydrogens is 220 g/mol. The highest BCUT2D eigenvalue weighted by molar-refractivity contribution is 5.38. The van der Waals surface area contributed by atoms with E-state index in [0.29, 0.717) is 0 Å². The second-order valence-electron chi connectivity index (χ2n) is 4.57. The van der Waals surface area contributed by atoms with E-state index >= 15 is 0 Å². The van der Waals surface area contributed by atoms with Crippen LogP contribution in [0.4, 0.5) is 0 Å². The van der Waals surface area contributed by atoms with E-state index in [4.69, 9.17) is 5.84 Å². The average Bonchev–Trinajstić information content (AvgIpc) is 2.40. The van der Waals surface area contributed by atoms with Gasteiger partial charge in [-0.15, -0.1) is 0 Å². The van der Waals surface area contributed by atoms with Crippen LogP contribution in [0.1, 0.15) is 35.2 Å². The summed E-state index contributed by atoms with van der Waals surface area (Å²) in [7, 11) is 0. The predicted octanol–water partition coefficient (Wildman–Crippen LogP) is 3.11. The summed E-state index contributed by atoms with van der Waals surface area (Å²) in [4.78, 5) is 0. The maximum Gasteiger partial charge on any atom is 0.0712 e. The second-order valence-corrected chi connectivity index (χ2v) is 4.57. The first-order valence-electron chi connectivity index (χ1n) is 6.36. The van der Waals surface area contributed by atoms with Gasteiger partial charge < -0.3 is 0 Å². The van der Waals surface area contributed by atoms with Gasteiger partial charge in [-0.1, -0.05) is 61.0 Å². The van der Waals surface area contributed by atoms with Crippen molar-refractivity contribution in [1.82, 2.24) is 5.43 Å². The molecule has 0 aliphatic rings. The van der Waals surface area contributed by atoms with Crippen molar-refractivity contribution in [3.05, 3.63) is 70.8 Å². The lowest BCUT2D eigenvalue weighted by Gasteiger charge is -2.20. The molecule has 0 aliphatic heterocycles. The number of hydrazine groups is 1. The number of aryl methyl sites for hydroxylation is 2. The lowest BCUT2D eigenvalue weighted by molar-refractivity contribution is 0.631. The Morgan fingerprint density at radius 2 is 1.89 bits per heavy atom. The second kappa shape index (κ2) is 5.80. The Labute approximate surface area is 109 Å². The van der Waals surface area contributed by atoms with E-state index in [-0.39, 0.29) is 6.04 Å². The molecule has 0 saturated carbocycles. The van der Waals surface area contributed by atoms with E-state index < -0.39 is 0 Å². The molecule has 2 rings (SSSR count). The lowest BCUT2D eigenvalue weighted by atomic mass is 9.93. The summed E-state index contributed by atoms with van der Waals surface area (Å²) in [5.74, 6) is 5.76. The minimum Gasteiger partial charge on any atom is -0.271 e. The molecule has 0 fully saturated rings. The maximum atomic E-state index is 5.76. The van der Waals surface area contributed by atoms with Crippen LogP contribution in [0.15, 0.2) is 48.5 Å². The number of nitrogens with two attached hydrogens (primary N) is 1. The molecule has 0 spiro atoms. The molecule has 0 radical (unpaired) electrons. The number of hydrogen-bond acceptors (Lipinski definition) is 2. The maximum absolute atomic E-state index is 5.76. The average molecular weight is 240 g/mol. The minimum absolute atomic E-state index is 0.0565. The Morgan fingerprint density at radius 1 is 1.11 bits per heavy atom. The van der Waals surface area contributed by atoms with Crippen LogP contribution >= 0.6 is 0 Å². The molecule has 2 nitrogen and oxygen atoms in total. The quantitative estimate of drug-likeness (QED) is 0.636. The molecular formula is C16H20N2. The van der Waals surface area contributed by atoms with Gasteiger partial charge >= 0.3 is 0 Å². The van der Waals surface area contributed by atoms with Gasteiger partial charge in [-0.25, -0.2) is 5.43 Å². The van der Waals surface area contributed by atoms with Crippen molar-refractivity contribution >= 4 is 0 Å². The first-order chi connectivity index (χ1) is 8.76. The smallest absolute Gasteiger partial charge is 0.0712 e. The van der Waals surface area contributed by atoms with Crippen LogP contribution in [-0.2, 0) is 6.42 Å². The van der Waals surface area contributed by atoms with Crippen molar-refractivity contribution in [2.75, 3.05) is 0 Å². The Hall–Kier alpha value is -1.64. The summed E-state index contributed by atoms with van der Waals surface area (Å²) in [6, 6.07) is 17.0. The molecule has 2 heteroatoms. The SMILES string of the molecule is CCc1ccccc1C(NN)c1cccc(C)c1. The van der Waals surface area contributed by atoms with Gasteiger partial charge in [-0.2, -0.15) is 0 Å². The molecule has 3 N–H and O–H groups in total. The Kier molecular flexibility index (Phi) is 4.13. The van der Waals surface area contributed by atoms with Crippen molar-refractivity contribution in [1.29, 1.82) is 0 Å². The number of rotatable bonds is 4. The van der Waals surface area contributed by atoms with Gasteiger partial charge in [0.05, 0.1) is 6.04 Å². The topological polar surface area (TPSA) is 38.0 Å². The van der Waals surface area contributed by atoms with Crippen molar-refractivity contribution < 1.29 is 0 Å². The van der Waals surface area contributed by atoms with Crippen LogP contribution in [0, 0.1) is 6.92 Å². The van der Waals surface area contributed by atoms with E-state index in [2.05, 4.69) is 67.8 Å². The summed E-state index contributed by atoms with van der Waals surface area (Å²) in [6.45, 7) is 4.27. The van der Waals surface area contributed by atoms with Gasteiger partial charge in [0, 0.05) is 0 Å². The normalized spacial score (nSPS) is 12.4. The number of hydrogen-bond donors (Lipinski definition) is 2. The predicted molar refractivity (Wildman–Crippen MR) is 76.2 cm³/mol. The molecule has 1 unspecified atom stereocenters. The zero-order valence-corrected chi connectivity index (χ0v) is 11.0. The Morgan fingerprint density at radius 3 is 2.56 bits per heavy atom. The number of benzene rings is 2.